The number of rotatable bonds is 6. The molecule has 78 valence electrons. The number of nitrogens with zero attached hydrogens (tertiary/aromatic N) is 2. The van der Waals surface area contributed by atoms with Gasteiger partial charge in [0, 0.05) is 19.4 Å². The second-order valence-electron chi connectivity index (χ2n) is 3.14. The molecule has 0 saturated carbocycles. The van der Waals surface area contributed by atoms with Crippen LogP contribution in [0.1, 0.15) is 32.0 Å². The molecule has 0 aliphatic rings. The lowest BCUT2D eigenvalue weighted by Crippen LogP contribution is -2.24. The average molecular weight is 196 g/mol. The average Bonchev–Trinajstić information content (AvgIpc) is 2.65. The zero-order chi connectivity index (χ0) is 10.2. The lowest BCUT2D eigenvalue weighted by molar-refractivity contribution is -0.121. The van der Waals surface area contributed by atoms with E-state index in [4.69, 9.17) is 0 Å². The van der Waals surface area contributed by atoms with Crippen LogP contribution in [0.4, 0.5) is 0 Å². The Morgan fingerprint density at radius 1 is 1.64 bits per heavy atom. The minimum absolute atomic E-state index is 0.130. The molecule has 0 aliphatic heterocycles. The summed E-state index contributed by atoms with van der Waals surface area (Å²) in [6.45, 7) is 2.70. The summed E-state index contributed by atoms with van der Waals surface area (Å²) in [5.74, 6) is 1.000. The maximum Gasteiger partial charge on any atom is 0.219 e. The predicted octanol–water partition coefficient (Wildman–Crippen LogP) is 0.654. The van der Waals surface area contributed by atoms with Crippen LogP contribution in [0.3, 0.4) is 0 Å². The van der Waals surface area contributed by atoms with Crippen LogP contribution in [0.5, 0.6) is 0 Å². The van der Waals surface area contributed by atoms with Crippen LogP contribution >= 0.6 is 0 Å². The Morgan fingerprint density at radius 2 is 2.50 bits per heavy atom. The lowest BCUT2D eigenvalue weighted by atomic mass is 10.3. The summed E-state index contributed by atoms with van der Waals surface area (Å²) in [6.07, 6.45) is 4.72. The third-order valence-corrected chi connectivity index (χ3v) is 1.85. The van der Waals surface area contributed by atoms with Gasteiger partial charge in [0.1, 0.15) is 12.2 Å². The van der Waals surface area contributed by atoms with Crippen molar-refractivity contribution in [1.82, 2.24) is 20.5 Å². The highest BCUT2D eigenvalue weighted by Gasteiger charge is 1.99. The van der Waals surface area contributed by atoms with Crippen LogP contribution in [-0.2, 0) is 11.2 Å². The van der Waals surface area contributed by atoms with E-state index < -0.39 is 0 Å². The van der Waals surface area contributed by atoms with Crippen LogP contribution in [-0.4, -0.2) is 27.6 Å². The minimum atomic E-state index is 0.130. The van der Waals surface area contributed by atoms with Crippen molar-refractivity contribution in [2.24, 2.45) is 0 Å². The number of aromatic amines is 1. The maximum absolute atomic E-state index is 11.1. The van der Waals surface area contributed by atoms with Gasteiger partial charge >= 0.3 is 0 Å². The van der Waals surface area contributed by atoms with Crippen molar-refractivity contribution < 1.29 is 4.79 Å². The molecule has 1 amide bonds. The number of hydrogen-bond donors (Lipinski definition) is 2. The molecule has 0 saturated heterocycles. The zero-order valence-electron chi connectivity index (χ0n) is 8.42. The highest BCUT2D eigenvalue weighted by molar-refractivity contribution is 5.75. The van der Waals surface area contributed by atoms with Gasteiger partial charge in [0.15, 0.2) is 0 Å². The van der Waals surface area contributed by atoms with Crippen LogP contribution in [0, 0.1) is 0 Å². The number of aryl methyl sites for hydroxylation is 1. The molecule has 1 heterocycles. The first-order valence-electron chi connectivity index (χ1n) is 4.94. The topological polar surface area (TPSA) is 70.7 Å². The highest BCUT2D eigenvalue weighted by atomic mass is 16.1. The largest absolute Gasteiger partial charge is 0.356 e. The van der Waals surface area contributed by atoms with Gasteiger partial charge in [-0.25, -0.2) is 4.98 Å². The Kier molecular flexibility index (Phi) is 4.68. The van der Waals surface area contributed by atoms with Crippen molar-refractivity contribution in [2.75, 3.05) is 6.54 Å². The molecule has 0 atom stereocenters. The fourth-order valence-corrected chi connectivity index (χ4v) is 1.15. The molecule has 1 aromatic rings. The van der Waals surface area contributed by atoms with E-state index in [2.05, 4.69) is 20.5 Å². The molecule has 1 aromatic heterocycles. The van der Waals surface area contributed by atoms with Crippen LogP contribution in [0.15, 0.2) is 6.33 Å². The number of carbonyl (C=O) groups is 1. The Hall–Kier alpha value is -1.39. The monoisotopic (exact) mass is 196 g/mol. The zero-order valence-corrected chi connectivity index (χ0v) is 8.42. The smallest absolute Gasteiger partial charge is 0.219 e. The van der Waals surface area contributed by atoms with Crippen LogP contribution in [0.2, 0.25) is 0 Å². The summed E-state index contributed by atoms with van der Waals surface area (Å²) in [5.41, 5.74) is 0. The predicted molar refractivity (Wildman–Crippen MR) is 52.6 cm³/mol. The molecule has 1 rings (SSSR count). The Bertz CT molecular complexity index is 258. The third-order valence-electron chi connectivity index (χ3n) is 1.85. The van der Waals surface area contributed by atoms with Gasteiger partial charge in [0.05, 0.1) is 0 Å². The van der Waals surface area contributed by atoms with E-state index in [-0.39, 0.29) is 5.91 Å². The second-order valence-corrected chi connectivity index (χ2v) is 3.14. The van der Waals surface area contributed by atoms with Gasteiger partial charge in [0.25, 0.3) is 0 Å². The fourth-order valence-electron chi connectivity index (χ4n) is 1.15. The van der Waals surface area contributed by atoms with Gasteiger partial charge in [-0.05, 0) is 12.8 Å². The molecule has 0 unspecified atom stereocenters. The van der Waals surface area contributed by atoms with Crippen molar-refractivity contribution in [3.05, 3.63) is 12.2 Å². The van der Waals surface area contributed by atoms with Gasteiger partial charge in [0.2, 0.25) is 5.91 Å². The molecule has 0 fully saturated rings. The van der Waals surface area contributed by atoms with Gasteiger partial charge in [-0.15, -0.1) is 0 Å². The van der Waals surface area contributed by atoms with Gasteiger partial charge < -0.3 is 5.32 Å². The third kappa shape index (κ3) is 4.02. The van der Waals surface area contributed by atoms with E-state index in [9.17, 15) is 4.79 Å². The Balaban J connectivity index is 2.02. The van der Waals surface area contributed by atoms with Gasteiger partial charge in [-0.3, -0.25) is 9.89 Å². The van der Waals surface area contributed by atoms with Crippen molar-refractivity contribution in [1.29, 1.82) is 0 Å². The maximum atomic E-state index is 11.1. The van der Waals surface area contributed by atoms with E-state index in [1.165, 1.54) is 6.33 Å². The fraction of sp³-hybridized carbons (Fsp3) is 0.667. The number of hydrogen-bond acceptors (Lipinski definition) is 3. The summed E-state index contributed by atoms with van der Waals surface area (Å²) in [5, 5.41) is 9.36. The molecule has 0 bridgehead atoms. The molecule has 5 nitrogen and oxygen atoms in total. The summed E-state index contributed by atoms with van der Waals surface area (Å²) < 4.78 is 0. The summed E-state index contributed by atoms with van der Waals surface area (Å²) in [7, 11) is 0. The van der Waals surface area contributed by atoms with Gasteiger partial charge in [-0.1, -0.05) is 6.92 Å². The number of amides is 1. The molecule has 14 heavy (non-hydrogen) atoms. The first kappa shape index (κ1) is 10.7. The van der Waals surface area contributed by atoms with Crippen molar-refractivity contribution in [3.63, 3.8) is 0 Å². The molecule has 5 heteroatoms. The summed E-state index contributed by atoms with van der Waals surface area (Å²) >= 11 is 0. The normalized spacial score (nSPS) is 10.1. The number of aromatic nitrogens is 3. The van der Waals surface area contributed by atoms with E-state index >= 15 is 0 Å². The first-order chi connectivity index (χ1) is 6.83. The molecule has 0 aliphatic carbocycles. The minimum Gasteiger partial charge on any atom is -0.356 e. The number of carbonyl (C=O) groups excluding carboxylic acids is 1. The molecular weight excluding hydrogens is 180 g/mol. The number of nitrogens with one attached hydrogen (secondary N) is 2. The molecule has 0 spiro atoms. The second kappa shape index (κ2) is 6.12. The van der Waals surface area contributed by atoms with E-state index in [0.717, 1.165) is 25.1 Å². The summed E-state index contributed by atoms with van der Waals surface area (Å²) in [4.78, 5) is 15.0. The summed E-state index contributed by atoms with van der Waals surface area (Å²) in [6, 6.07) is 0. The lowest BCUT2D eigenvalue weighted by Gasteiger charge is -2.02. The quantitative estimate of drug-likeness (QED) is 0.656. The van der Waals surface area contributed by atoms with Crippen LogP contribution < -0.4 is 5.32 Å². The van der Waals surface area contributed by atoms with Crippen molar-refractivity contribution >= 4 is 5.91 Å². The molecule has 2 N–H and O–H groups in total. The van der Waals surface area contributed by atoms with Crippen LogP contribution in [0.25, 0.3) is 0 Å². The SMILES string of the molecule is CCCC(=O)NCCCc1ncn[nH]1. The molecule has 0 aromatic carbocycles. The van der Waals surface area contributed by atoms with Gasteiger partial charge in [-0.2, -0.15) is 5.10 Å². The van der Waals surface area contributed by atoms with E-state index in [1.54, 1.807) is 0 Å². The van der Waals surface area contributed by atoms with E-state index in [1.807, 2.05) is 6.92 Å². The highest BCUT2D eigenvalue weighted by Crippen LogP contribution is 1.92. The number of H-pyrrole nitrogens is 1. The van der Waals surface area contributed by atoms with E-state index in [0.29, 0.717) is 13.0 Å². The van der Waals surface area contributed by atoms with Crippen molar-refractivity contribution in [2.45, 2.75) is 32.6 Å². The standard InChI is InChI=1S/C9H16N4O/c1-2-4-9(14)10-6-3-5-8-11-7-12-13-8/h7H,2-6H2,1H3,(H,10,14)(H,11,12,13). The Labute approximate surface area is 83.3 Å². The first-order valence-corrected chi connectivity index (χ1v) is 4.94. The molecule has 0 radical (unpaired) electrons. The Morgan fingerprint density at radius 3 is 3.14 bits per heavy atom. The van der Waals surface area contributed by atoms with Crippen molar-refractivity contribution in [3.8, 4) is 0 Å². The molecular formula is C9H16N4O.